The van der Waals surface area contributed by atoms with Crippen LogP contribution in [0.1, 0.15) is 12.5 Å². The minimum Gasteiger partial charge on any atom is -0.262 e. The first-order valence-electron chi connectivity index (χ1n) is 4.27. The van der Waals surface area contributed by atoms with Crippen LogP contribution in [-0.4, -0.2) is 16.3 Å². The highest BCUT2D eigenvalue weighted by molar-refractivity contribution is 9.10. The number of hydrazone groups is 1. The molecule has 1 aromatic carbocycles. The van der Waals surface area contributed by atoms with E-state index in [2.05, 4.69) is 26.5 Å². The molecular formula is C10H11BrN2S2. The van der Waals surface area contributed by atoms with Crippen molar-refractivity contribution in [3.05, 3.63) is 34.3 Å². The van der Waals surface area contributed by atoms with E-state index in [9.17, 15) is 0 Å². The summed E-state index contributed by atoms with van der Waals surface area (Å²) in [5.41, 5.74) is 4.80. The topological polar surface area (TPSA) is 24.4 Å². The number of rotatable bonds is 2. The van der Waals surface area contributed by atoms with Crippen molar-refractivity contribution in [3.63, 3.8) is 0 Å². The largest absolute Gasteiger partial charge is 0.262 e. The zero-order valence-electron chi connectivity index (χ0n) is 8.45. The zero-order chi connectivity index (χ0) is 11.3. The third-order valence-electron chi connectivity index (χ3n) is 1.74. The van der Waals surface area contributed by atoms with Crippen molar-refractivity contribution in [2.75, 3.05) is 6.26 Å². The van der Waals surface area contributed by atoms with E-state index in [0.29, 0.717) is 4.32 Å². The number of nitrogens with zero attached hydrogens (tertiary/aromatic N) is 1. The van der Waals surface area contributed by atoms with E-state index < -0.39 is 0 Å². The molecule has 0 unspecified atom stereocenters. The molecule has 0 aromatic heterocycles. The summed E-state index contributed by atoms with van der Waals surface area (Å²) in [6, 6.07) is 7.98. The van der Waals surface area contributed by atoms with Crippen molar-refractivity contribution in [2.45, 2.75) is 6.92 Å². The predicted molar refractivity (Wildman–Crippen MR) is 75.6 cm³/mol. The molecular weight excluding hydrogens is 292 g/mol. The Balaban J connectivity index is 2.75. The molecule has 0 fully saturated rings. The molecule has 80 valence electrons. The summed E-state index contributed by atoms with van der Waals surface area (Å²) >= 11 is 9.87. The lowest BCUT2D eigenvalue weighted by molar-refractivity contribution is 1.06. The highest BCUT2D eigenvalue weighted by Gasteiger charge is 1.98. The average molecular weight is 303 g/mol. The van der Waals surface area contributed by atoms with Gasteiger partial charge >= 0.3 is 0 Å². The van der Waals surface area contributed by atoms with Crippen LogP contribution in [0.5, 0.6) is 0 Å². The Kier molecular flexibility index (Phi) is 5.28. The molecule has 0 amide bonds. The van der Waals surface area contributed by atoms with Gasteiger partial charge in [-0.25, -0.2) is 0 Å². The molecule has 5 heteroatoms. The minimum absolute atomic E-state index is 0.671. The van der Waals surface area contributed by atoms with Crippen LogP contribution in [0.2, 0.25) is 0 Å². The van der Waals surface area contributed by atoms with Crippen LogP contribution in [0.15, 0.2) is 33.8 Å². The lowest BCUT2D eigenvalue weighted by Crippen LogP contribution is -2.13. The fourth-order valence-electron chi connectivity index (χ4n) is 0.953. The minimum atomic E-state index is 0.671. The molecule has 0 radical (unpaired) electrons. The van der Waals surface area contributed by atoms with Crippen molar-refractivity contribution < 1.29 is 0 Å². The molecule has 1 aromatic rings. The van der Waals surface area contributed by atoms with Crippen LogP contribution in [0.25, 0.3) is 0 Å². The molecule has 0 aliphatic rings. The normalized spacial score (nSPS) is 11.3. The Morgan fingerprint density at radius 2 is 2.27 bits per heavy atom. The van der Waals surface area contributed by atoms with Gasteiger partial charge in [0, 0.05) is 4.47 Å². The van der Waals surface area contributed by atoms with Gasteiger partial charge in [0.1, 0.15) is 0 Å². The SMILES string of the molecule is CSC(=S)N/N=C(\C)c1cccc(Br)c1. The zero-order valence-corrected chi connectivity index (χ0v) is 11.7. The summed E-state index contributed by atoms with van der Waals surface area (Å²) in [4.78, 5) is 0. The van der Waals surface area contributed by atoms with Crippen LogP contribution >= 0.6 is 39.9 Å². The number of hydrogen-bond donors (Lipinski definition) is 1. The van der Waals surface area contributed by atoms with Gasteiger partial charge in [0.2, 0.25) is 0 Å². The van der Waals surface area contributed by atoms with Gasteiger partial charge in [-0.1, -0.05) is 52.0 Å². The molecule has 0 aliphatic carbocycles. The third kappa shape index (κ3) is 4.32. The van der Waals surface area contributed by atoms with Gasteiger partial charge in [0.05, 0.1) is 5.71 Å². The lowest BCUT2D eigenvalue weighted by atomic mass is 10.1. The van der Waals surface area contributed by atoms with Crippen LogP contribution in [0.4, 0.5) is 0 Å². The summed E-state index contributed by atoms with van der Waals surface area (Å²) in [6.07, 6.45) is 1.92. The standard InChI is InChI=1S/C10H11BrN2S2/c1-7(12-13-10(14)15-2)8-4-3-5-9(11)6-8/h3-6H,1-2H3,(H,13,14)/b12-7+. The van der Waals surface area contributed by atoms with Crippen molar-refractivity contribution >= 4 is 49.9 Å². The Labute approximate surface area is 108 Å². The Bertz CT molecular complexity index is 391. The van der Waals surface area contributed by atoms with E-state index in [0.717, 1.165) is 15.7 Å². The van der Waals surface area contributed by atoms with Gasteiger partial charge in [0.25, 0.3) is 0 Å². The maximum Gasteiger partial charge on any atom is 0.153 e. The van der Waals surface area contributed by atoms with Crippen molar-refractivity contribution in [1.29, 1.82) is 0 Å². The highest BCUT2D eigenvalue weighted by atomic mass is 79.9. The van der Waals surface area contributed by atoms with E-state index >= 15 is 0 Å². The lowest BCUT2D eigenvalue weighted by Gasteiger charge is -2.03. The summed E-state index contributed by atoms with van der Waals surface area (Å²) in [6.45, 7) is 1.94. The van der Waals surface area contributed by atoms with Gasteiger partial charge in [-0.15, -0.1) is 0 Å². The monoisotopic (exact) mass is 302 g/mol. The summed E-state index contributed by atoms with van der Waals surface area (Å²) < 4.78 is 1.71. The number of benzene rings is 1. The average Bonchev–Trinajstić information content (AvgIpc) is 2.25. The number of halogens is 1. The first kappa shape index (κ1) is 12.7. The van der Waals surface area contributed by atoms with E-state index in [-0.39, 0.29) is 0 Å². The van der Waals surface area contributed by atoms with E-state index in [1.165, 1.54) is 11.8 Å². The summed E-state index contributed by atoms with van der Waals surface area (Å²) in [7, 11) is 0. The maximum absolute atomic E-state index is 4.98. The summed E-state index contributed by atoms with van der Waals surface area (Å²) in [5.74, 6) is 0. The highest BCUT2D eigenvalue weighted by Crippen LogP contribution is 2.12. The van der Waals surface area contributed by atoms with Crippen LogP contribution in [0.3, 0.4) is 0 Å². The van der Waals surface area contributed by atoms with E-state index in [4.69, 9.17) is 12.2 Å². The third-order valence-corrected chi connectivity index (χ3v) is 3.29. The molecule has 0 saturated heterocycles. The smallest absolute Gasteiger partial charge is 0.153 e. The fraction of sp³-hybridized carbons (Fsp3) is 0.200. The fourth-order valence-corrected chi connectivity index (χ4v) is 1.54. The molecule has 0 atom stereocenters. The van der Waals surface area contributed by atoms with Crippen LogP contribution in [0, 0.1) is 0 Å². The maximum atomic E-state index is 4.98. The molecule has 2 nitrogen and oxygen atoms in total. The Morgan fingerprint density at radius 1 is 1.53 bits per heavy atom. The molecule has 15 heavy (non-hydrogen) atoms. The molecule has 0 bridgehead atoms. The molecule has 0 spiro atoms. The number of hydrogen-bond acceptors (Lipinski definition) is 3. The second-order valence-electron chi connectivity index (χ2n) is 2.81. The van der Waals surface area contributed by atoms with Gasteiger partial charge in [-0.05, 0) is 30.9 Å². The Hall–Kier alpha value is -0.390. The number of thiocarbonyl (C=S) groups is 1. The first-order valence-corrected chi connectivity index (χ1v) is 6.70. The number of thioether (sulfide) groups is 1. The van der Waals surface area contributed by atoms with Crippen LogP contribution < -0.4 is 5.43 Å². The van der Waals surface area contributed by atoms with Crippen molar-refractivity contribution in [1.82, 2.24) is 5.43 Å². The molecule has 0 saturated carbocycles. The molecule has 0 heterocycles. The second kappa shape index (κ2) is 6.25. The van der Waals surface area contributed by atoms with E-state index in [1.54, 1.807) is 0 Å². The van der Waals surface area contributed by atoms with Gasteiger partial charge in [-0.3, -0.25) is 5.43 Å². The second-order valence-corrected chi connectivity index (χ2v) is 5.21. The van der Waals surface area contributed by atoms with E-state index in [1.807, 2.05) is 37.4 Å². The number of nitrogens with one attached hydrogen (secondary N) is 1. The molecule has 1 rings (SSSR count). The first-order chi connectivity index (χ1) is 7.13. The van der Waals surface area contributed by atoms with Crippen molar-refractivity contribution in [2.24, 2.45) is 5.10 Å². The predicted octanol–water partition coefficient (Wildman–Crippen LogP) is 3.41. The van der Waals surface area contributed by atoms with Gasteiger partial charge in [-0.2, -0.15) is 5.10 Å². The quantitative estimate of drug-likeness (QED) is 0.515. The molecule has 0 aliphatic heterocycles. The van der Waals surface area contributed by atoms with Crippen LogP contribution in [-0.2, 0) is 0 Å². The van der Waals surface area contributed by atoms with Gasteiger partial charge in [0.15, 0.2) is 4.32 Å². The summed E-state index contributed by atoms with van der Waals surface area (Å²) in [5, 5.41) is 4.19. The Morgan fingerprint density at radius 3 is 2.87 bits per heavy atom. The molecule has 1 N–H and O–H groups in total. The van der Waals surface area contributed by atoms with Gasteiger partial charge < -0.3 is 0 Å². The van der Waals surface area contributed by atoms with Crippen molar-refractivity contribution in [3.8, 4) is 0 Å².